The average Bonchev–Trinajstić information content (AvgIpc) is 2.61. The number of ether oxygens (including phenoxy) is 2. The third-order valence-electron chi connectivity index (χ3n) is 4.63. The Kier molecular flexibility index (Phi) is 5.02. The van der Waals surface area contributed by atoms with Gasteiger partial charge in [0.15, 0.2) is 5.43 Å². The summed E-state index contributed by atoms with van der Waals surface area (Å²) in [6.45, 7) is 3.86. The van der Waals surface area contributed by atoms with Crippen LogP contribution >= 0.6 is 0 Å². The first-order valence-electron chi connectivity index (χ1n) is 8.24. The van der Waals surface area contributed by atoms with Crippen LogP contribution in [0.4, 0.5) is 5.82 Å². The molecule has 0 spiro atoms. The molecule has 1 aromatic heterocycles. The highest BCUT2D eigenvalue weighted by atomic mass is 16.5. The van der Waals surface area contributed by atoms with Gasteiger partial charge >= 0.3 is 0 Å². The van der Waals surface area contributed by atoms with Crippen LogP contribution in [-0.4, -0.2) is 38.0 Å². The van der Waals surface area contributed by atoms with Gasteiger partial charge in [0, 0.05) is 44.5 Å². The number of anilines is 1. The van der Waals surface area contributed by atoms with Gasteiger partial charge in [0.25, 0.3) is 0 Å². The summed E-state index contributed by atoms with van der Waals surface area (Å²) in [5.41, 5.74) is 4.33. The largest absolute Gasteiger partial charge is 0.382 e. The number of benzene rings is 1. The summed E-state index contributed by atoms with van der Waals surface area (Å²) in [6.07, 6.45) is 0.907. The van der Waals surface area contributed by atoms with E-state index in [0.29, 0.717) is 13.2 Å². The Bertz CT molecular complexity index is 783. The van der Waals surface area contributed by atoms with E-state index in [9.17, 15) is 4.79 Å². The van der Waals surface area contributed by atoms with Crippen LogP contribution in [0.2, 0.25) is 0 Å². The SMILES string of the molecule is COC[C@@H](CNc1cc(=O)c(C)c2n1CCc1ccccc1-2)OC. The number of nitrogens with one attached hydrogen (secondary N) is 1. The van der Waals surface area contributed by atoms with Crippen molar-refractivity contribution >= 4 is 5.82 Å². The highest BCUT2D eigenvalue weighted by Crippen LogP contribution is 2.32. The molecule has 5 nitrogen and oxygen atoms in total. The molecule has 1 aromatic carbocycles. The van der Waals surface area contributed by atoms with Crippen molar-refractivity contribution in [2.75, 3.05) is 32.7 Å². The van der Waals surface area contributed by atoms with E-state index in [1.807, 2.05) is 13.0 Å². The summed E-state index contributed by atoms with van der Waals surface area (Å²) in [6, 6.07) is 10.0. The molecule has 0 fully saturated rings. The van der Waals surface area contributed by atoms with Gasteiger partial charge in [-0.3, -0.25) is 4.79 Å². The van der Waals surface area contributed by atoms with E-state index in [1.165, 1.54) is 5.56 Å². The lowest BCUT2D eigenvalue weighted by Crippen LogP contribution is -2.29. The van der Waals surface area contributed by atoms with Crippen LogP contribution in [0, 0.1) is 6.92 Å². The molecule has 1 atom stereocenters. The first kappa shape index (κ1) is 16.7. The van der Waals surface area contributed by atoms with Gasteiger partial charge in [0.1, 0.15) is 5.82 Å². The normalized spacial score (nSPS) is 14.0. The minimum absolute atomic E-state index is 0.0566. The molecule has 0 amide bonds. The van der Waals surface area contributed by atoms with Gasteiger partial charge in [-0.05, 0) is 18.9 Å². The first-order valence-corrected chi connectivity index (χ1v) is 8.24. The number of aromatic nitrogens is 1. The molecule has 5 heteroatoms. The van der Waals surface area contributed by atoms with Crippen molar-refractivity contribution in [1.29, 1.82) is 0 Å². The van der Waals surface area contributed by atoms with Crippen molar-refractivity contribution < 1.29 is 9.47 Å². The molecule has 0 saturated carbocycles. The highest BCUT2D eigenvalue weighted by molar-refractivity contribution is 5.71. The molecular weight excluding hydrogens is 304 g/mol. The fourth-order valence-corrected chi connectivity index (χ4v) is 3.29. The summed E-state index contributed by atoms with van der Waals surface area (Å²) in [5.74, 6) is 0.841. The van der Waals surface area contributed by atoms with E-state index in [2.05, 4.69) is 28.1 Å². The maximum atomic E-state index is 12.5. The lowest BCUT2D eigenvalue weighted by molar-refractivity contribution is 0.0365. The van der Waals surface area contributed by atoms with Crippen LogP contribution in [-0.2, 0) is 22.4 Å². The standard InChI is InChI=1S/C19H24N2O3/c1-13-17(22)10-18(20-11-15(24-3)12-23-2)21-9-8-14-6-4-5-7-16(14)19(13)21/h4-7,10,15,20H,8-9,11-12H2,1-3H3/t15-/m1/s1. The predicted octanol–water partition coefficient (Wildman–Crippen LogP) is 2.45. The van der Waals surface area contributed by atoms with E-state index in [1.54, 1.807) is 20.3 Å². The van der Waals surface area contributed by atoms with E-state index < -0.39 is 0 Å². The number of methoxy groups -OCH3 is 2. The second-order valence-corrected chi connectivity index (χ2v) is 6.12. The number of nitrogens with zero attached hydrogens (tertiary/aromatic N) is 1. The Morgan fingerprint density at radius 2 is 2.08 bits per heavy atom. The van der Waals surface area contributed by atoms with Crippen LogP contribution in [0.25, 0.3) is 11.3 Å². The van der Waals surface area contributed by atoms with Gasteiger partial charge in [-0.15, -0.1) is 0 Å². The molecule has 0 aliphatic carbocycles. The van der Waals surface area contributed by atoms with Crippen LogP contribution < -0.4 is 10.7 Å². The summed E-state index contributed by atoms with van der Waals surface area (Å²) in [7, 11) is 3.32. The monoisotopic (exact) mass is 328 g/mol. The van der Waals surface area contributed by atoms with Crippen molar-refractivity contribution in [3.8, 4) is 11.3 Å². The van der Waals surface area contributed by atoms with Crippen molar-refractivity contribution in [1.82, 2.24) is 4.57 Å². The third kappa shape index (κ3) is 3.09. The van der Waals surface area contributed by atoms with E-state index in [-0.39, 0.29) is 11.5 Å². The number of hydrogen-bond donors (Lipinski definition) is 1. The predicted molar refractivity (Wildman–Crippen MR) is 95.7 cm³/mol. The maximum Gasteiger partial charge on any atom is 0.187 e. The quantitative estimate of drug-likeness (QED) is 0.885. The maximum absolute atomic E-state index is 12.5. The van der Waals surface area contributed by atoms with E-state index in [0.717, 1.165) is 35.6 Å². The fraction of sp³-hybridized carbons (Fsp3) is 0.421. The first-order chi connectivity index (χ1) is 11.7. The number of aryl methyl sites for hydroxylation is 1. The Morgan fingerprint density at radius 1 is 1.29 bits per heavy atom. The minimum Gasteiger partial charge on any atom is -0.382 e. The number of hydrogen-bond acceptors (Lipinski definition) is 4. The molecule has 24 heavy (non-hydrogen) atoms. The van der Waals surface area contributed by atoms with Crippen molar-refractivity contribution in [3.05, 3.63) is 51.7 Å². The molecule has 0 unspecified atom stereocenters. The van der Waals surface area contributed by atoms with Crippen LogP contribution in [0.3, 0.4) is 0 Å². The molecule has 1 aliphatic heterocycles. The Balaban J connectivity index is 1.99. The summed E-state index contributed by atoms with van der Waals surface area (Å²) in [4.78, 5) is 12.5. The molecule has 0 radical (unpaired) electrons. The fourth-order valence-electron chi connectivity index (χ4n) is 3.29. The second kappa shape index (κ2) is 7.20. The zero-order valence-electron chi connectivity index (χ0n) is 14.5. The Morgan fingerprint density at radius 3 is 2.83 bits per heavy atom. The van der Waals surface area contributed by atoms with Crippen molar-refractivity contribution in [2.24, 2.45) is 0 Å². The molecule has 3 rings (SSSR count). The zero-order valence-corrected chi connectivity index (χ0v) is 14.5. The van der Waals surface area contributed by atoms with Crippen molar-refractivity contribution in [2.45, 2.75) is 26.0 Å². The second-order valence-electron chi connectivity index (χ2n) is 6.12. The molecular formula is C19H24N2O3. The Labute approximate surface area is 142 Å². The molecule has 128 valence electrons. The lowest BCUT2D eigenvalue weighted by atomic mass is 9.94. The highest BCUT2D eigenvalue weighted by Gasteiger charge is 2.21. The summed E-state index contributed by atoms with van der Waals surface area (Å²) < 4.78 is 12.8. The third-order valence-corrected chi connectivity index (χ3v) is 4.63. The molecule has 2 heterocycles. The smallest absolute Gasteiger partial charge is 0.187 e. The van der Waals surface area contributed by atoms with Gasteiger partial charge in [0.05, 0.1) is 18.4 Å². The molecule has 0 bridgehead atoms. The summed E-state index contributed by atoms with van der Waals surface area (Å²) >= 11 is 0. The van der Waals surface area contributed by atoms with Crippen LogP contribution in [0.1, 0.15) is 11.1 Å². The van der Waals surface area contributed by atoms with Gasteiger partial charge in [-0.2, -0.15) is 0 Å². The molecule has 1 N–H and O–H groups in total. The van der Waals surface area contributed by atoms with Gasteiger partial charge in [-0.1, -0.05) is 24.3 Å². The topological polar surface area (TPSA) is 52.5 Å². The number of fused-ring (bicyclic) bond motifs is 3. The Hall–Kier alpha value is -2.11. The molecule has 1 aliphatic rings. The zero-order chi connectivity index (χ0) is 17.1. The minimum atomic E-state index is -0.0569. The van der Waals surface area contributed by atoms with Gasteiger partial charge in [-0.25, -0.2) is 0 Å². The van der Waals surface area contributed by atoms with Crippen LogP contribution in [0.15, 0.2) is 35.1 Å². The lowest BCUT2D eigenvalue weighted by Gasteiger charge is -2.28. The van der Waals surface area contributed by atoms with Gasteiger partial charge in [0.2, 0.25) is 0 Å². The van der Waals surface area contributed by atoms with Crippen molar-refractivity contribution in [3.63, 3.8) is 0 Å². The van der Waals surface area contributed by atoms with Crippen LogP contribution in [0.5, 0.6) is 0 Å². The molecule has 2 aromatic rings. The molecule has 0 saturated heterocycles. The number of pyridine rings is 1. The van der Waals surface area contributed by atoms with E-state index >= 15 is 0 Å². The van der Waals surface area contributed by atoms with Gasteiger partial charge < -0.3 is 19.4 Å². The number of rotatable bonds is 6. The summed E-state index contributed by atoms with van der Waals surface area (Å²) in [5, 5.41) is 3.37. The average molecular weight is 328 g/mol. The van der Waals surface area contributed by atoms with E-state index in [4.69, 9.17) is 9.47 Å².